The Morgan fingerprint density at radius 2 is 2.17 bits per heavy atom. The Kier molecular flexibility index (Phi) is 3.72. The number of carbonyl (C=O) groups excluding carboxylic acids is 2. The molecule has 96 valence electrons. The van der Waals surface area contributed by atoms with Crippen LogP contribution >= 0.6 is 11.6 Å². The van der Waals surface area contributed by atoms with Crippen LogP contribution in [0, 0.1) is 0 Å². The van der Waals surface area contributed by atoms with Crippen LogP contribution in [0.1, 0.15) is 23.2 Å². The molecule has 0 atom stereocenters. The lowest BCUT2D eigenvalue weighted by molar-refractivity contribution is -0.124. The maximum Gasteiger partial charge on any atom is 0.340 e. The molecule has 0 spiro atoms. The Hall–Kier alpha value is -1.75. The first-order valence-corrected chi connectivity index (χ1v) is 5.95. The first-order valence-electron chi connectivity index (χ1n) is 5.58. The number of rotatable bonds is 4. The third-order valence-electron chi connectivity index (χ3n) is 2.51. The number of hydrogen-bond acceptors (Lipinski definition) is 4. The second-order valence-corrected chi connectivity index (χ2v) is 4.59. The standard InChI is InChI=1S/C12H13ClN2O3/c13-7-1-4-10(14)9(5-7)12(17)18-6-11(16)15-8-2-3-8/h1,4-5,8H,2-3,6,14H2,(H,15,16). The number of nitrogens with two attached hydrogens (primary N) is 1. The van der Waals surface area contributed by atoms with E-state index in [-0.39, 0.29) is 29.8 Å². The molecule has 6 heteroatoms. The molecule has 5 nitrogen and oxygen atoms in total. The summed E-state index contributed by atoms with van der Waals surface area (Å²) in [7, 11) is 0. The van der Waals surface area contributed by atoms with E-state index in [0.29, 0.717) is 5.02 Å². The van der Waals surface area contributed by atoms with Crippen LogP contribution in [-0.4, -0.2) is 24.5 Å². The van der Waals surface area contributed by atoms with Gasteiger partial charge in [-0.1, -0.05) is 11.6 Å². The molecule has 0 heterocycles. The molecule has 1 fully saturated rings. The largest absolute Gasteiger partial charge is 0.452 e. The molecule has 0 radical (unpaired) electrons. The molecule has 0 aliphatic heterocycles. The molecular weight excluding hydrogens is 256 g/mol. The van der Waals surface area contributed by atoms with Gasteiger partial charge in [0.25, 0.3) is 5.91 Å². The fraction of sp³-hybridized carbons (Fsp3) is 0.333. The van der Waals surface area contributed by atoms with Crippen molar-refractivity contribution in [1.82, 2.24) is 5.32 Å². The van der Waals surface area contributed by atoms with Crippen LogP contribution in [0.25, 0.3) is 0 Å². The lowest BCUT2D eigenvalue weighted by Gasteiger charge is -2.07. The second kappa shape index (κ2) is 5.27. The third kappa shape index (κ3) is 3.37. The summed E-state index contributed by atoms with van der Waals surface area (Å²) in [4.78, 5) is 23.0. The number of benzene rings is 1. The van der Waals surface area contributed by atoms with Crippen molar-refractivity contribution in [2.45, 2.75) is 18.9 Å². The summed E-state index contributed by atoms with van der Waals surface area (Å²) in [5, 5.41) is 3.10. The summed E-state index contributed by atoms with van der Waals surface area (Å²) in [6.45, 7) is -0.304. The van der Waals surface area contributed by atoms with E-state index in [1.165, 1.54) is 12.1 Å². The number of esters is 1. The Labute approximate surface area is 109 Å². The molecular formula is C12H13ClN2O3. The van der Waals surface area contributed by atoms with Crippen LogP contribution in [-0.2, 0) is 9.53 Å². The highest BCUT2D eigenvalue weighted by Gasteiger charge is 2.23. The van der Waals surface area contributed by atoms with Crippen LogP contribution < -0.4 is 11.1 Å². The second-order valence-electron chi connectivity index (χ2n) is 4.15. The molecule has 1 aliphatic carbocycles. The quantitative estimate of drug-likeness (QED) is 0.638. The first kappa shape index (κ1) is 12.7. The first-order chi connectivity index (χ1) is 8.56. The number of carbonyl (C=O) groups is 2. The zero-order chi connectivity index (χ0) is 13.1. The van der Waals surface area contributed by atoms with Crippen molar-refractivity contribution in [3.8, 4) is 0 Å². The van der Waals surface area contributed by atoms with Gasteiger partial charge in [0, 0.05) is 16.8 Å². The Morgan fingerprint density at radius 1 is 1.44 bits per heavy atom. The molecule has 1 saturated carbocycles. The molecule has 2 rings (SSSR count). The zero-order valence-corrected chi connectivity index (χ0v) is 10.4. The Bertz CT molecular complexity index is 486. The maximum absolute atomic E-state index is 11.7. The molecule has 0 aromatic heterocycles. The Balaban J connectivity index is 1.90. The molecule has 1 aromatic carbocycles. The average molecular weight is 269 g/mol. The van der Waals surface area contributed by atoms with Gasteiger partial charge >= 0.3 is 5.97 Å². The number of halogens is 1. The minimum atomic E-state index is -0.652. The SMILES string of the molecule is Nc1ccc(Cl)cc1C(=O)OCC(=O)NC1CC1. The van der Waals surface area contributed by atoms with Gasteiger partial charge in [0.15, 0.2) is 6.61 Å². The molecule has 1 amide bonds. The molecule has 18 heavy (non-hydrogen) atoms. The van der Waals surface area contributed by atoms with E-state index in [1.54, 1.807) is 6.07 Å². The summed E-state index contributed by atoms with van der Waals surface area (Å²) >= 11 is 5.76. The predicted molar refractivity (Wildman–Crippen MR) is 67.3 cm³/mol. The van der Waals surface area contributed by atoms with Gasteiger partial charge in [0.1, 0.15) is 0 Å². The highest BCUT2D eigenvalue weighted by atomic mass is 35.5. The fourth-order valence-electron chi connectivity index (χ4n) is 1.41. The van der Waals surface area contributed by atoms with E-state index in [4.69, 9.17) is 22.1 Å². The highest BCUT2D eigenvalue weighted by Crippen LogP contribution is 2.19. The molecule has 3 N–H and O–H groups in total. The number of hydrogen-bond donors (Lipinski definition) is 2. The number of amides is 1. The number of nitrogen functional groups attached to an aromatic ring is 1. The average Bonchev–Trinajstić information content (AvgIpc) is 3.13. The van der Waals surface area contributed by atoms with E-state index < -0.39 is 5.97 Å². The van der Waals surface area contributed by atoms with Crippen molar-refractivity contribution in [1.29, 1.82) is 0 Å². The number of anilines is 1. The minimum Gasteiger partial charge on any atom is -0.452 e. The van der Waals surface area contributed by atoms with Gasteiger partial charge in [0.05, 0.1) is 5.56 Å². The van der Waals surface area contributed by atoms with E-state index in [2.05, 4.69) is 5.32 Å². The smallest absolute Gasteiger partial charge is 0.340 e. The van der Waals surface area contributed by atoms with Crippen LogP contribution in [0.15, 0.2) is 18.2 Å². The van der Waals surface area contributed by atoms with Crippen LogP contribution in [0.5, 0.6) is 0 Å². The molecule has 1 aliphatic rings. The minimum absolute atomic E-state index is 0.168. The summed E-state index contributed by atoms with van der Waals surface area (Å²) < 4.78 is 4.86. The summed E-state index contributed by atoms with van der Waals surface area (Å²) in [5.74, 6) is -0.951. The normalized spacial score (nSPS) is 14.1. The lowest BCUT2D eigenvalue weighted by Crippen LogP contribution is -2.30. The predicted octanol–water partition coefficient (Wildman–Crippen LogP) is 1.36. The van der Waals surface area contributed by atoms with Gasteiger partial charge in [-0.25, -0.2) is 4.79 Å². The van der Waals surface area contributed by atoms with Crippen LogP contribution in [0.4, 0.5) is 5.69 Å². The van der Waals surface area contributed by atoms with E-state index >= 15 is 0 Å². The van der Waals surface area contributed by atoms with E-state index in [9.17, 15) is 9.59 Å². The molecule has 0 bridgehead atoms. The number of ether oxygens (including phenoxy) is 1. The van der Waals surface area contributed by atoms with Gasteiger partial charge in [-0.2, -0.15) is 0 Å². The number of nitrogens with one attached hydrogen (secondary N) is 1. The van der Waals surface area contributed by atoms with E-state index in [0.717, 1.165) is 12.8 Å². The van der Waals surface area contributed by atoms with Gasteiger partial charge in [-0.3, -0.25) is 4.79 Å². The van der Waals surface area contributed by atoms with Crippen LogP contribution in [0.2, 0.25) is 5.02 Å². The third-order valence-corrected chi connectivity index (χ3v) is 2.75. The van der Waals surface area contributed by atoms with Gasteiger partial charge in [-0.05, 0) is 31.0 Å². The van der Waals surface area contributed by atoms with E-state index in [1.807, 2.05) is 0 Å². The van der Waals surface area contributed by atoms with Crippen molar-refractivity contribution in [2.24, 2.45) is 0 Å². The molecule has 0 saturated heterocycles. The lowest BCUT2D eigenvalue weighted by atomic mass is 10.2. The topological polar surface area (TPSA) is 81.4 Å². The van der Waals surface area contributed by atoms with Crippen molar-refractivity contribution in [3.63, 3.8) is 0 Å². The zero-order valence-electron chi connectivity index (χ0n) is 9.61. The fourth-order valence-corrected chi connectivity index (χ4v) is 1.58. The Morgan fingerprint density at radius 3 is 2.83 bits per heavy atom. The summed E-state index contributed by atoms with van der Waals surface area (Å²) in [6.07, 6.45) is 1.97. The van der Waals surface area contributed by atoms with Gasteiger partial charge in [0.2, 0.25) is 0 Å². The van der Waals surface area contributed by atoms with Crippen molar-refractivity contribution in [2.75, 3.05) is 12.3 Å². The monoisotopic (exact) mass is 268 g/mol. The van der Waals surface area contributed by atoms with Crippen molar-refractivity contribution < 1.29 is 14.3 Å². The van der Waals surface area contributed by atoms with Crippen LogP contribution in [0.3, 0.4) is 0 Å². The van der Waals surface area contributed by atoms with Gasteiger partial charge in [-0.15, -0.1) is 0 Å². The summed E-state index contributed by atoms with van der Waals surface area (Å²) in [5.41, 5.74) is 6.07. The summed E-state index contributed by atoms with van der Waals surface area (Å²) in [6, 6.07) is 4.75. The van der Waals surface area contributed by atoms with Crippen molar-refractivity contribution in [3.05, 3.63) is 28.8 Å². The maximum atomic E-state index is 11.7. The molecule has 1 aromatic rings. The van der Waals surface area contributed by atoms with Gasteiger partial charge < -0.3 is 15.8 Å². The van der Waals surface area contributed by atoms with Crippen molar-refractivity contribution >= 4 is 29.2 Å². The molecule has 0 unspecified atom stereocenters. The highest BCUT2D eigenvalue weighted by molar-refractivity contribution is 6.31.